The van der Waals surface area contributed by atoms with Crippen molar-refractivity contribution in [3.05, 3.63) is 76.3 Å². The number of halogens is 1. The van der Waals surface area contributed by atoms with Crippen LogP contribution >= 0.6 is 11.3 Å². The van der Waals surface area contributed by atoms with Crippen LogP contribution in [0.2, 0.25) is 0 Å². The molecule has 0 saturated carbocycles. The summed E-state index contributed by atoms with van der Waals surface area (Å²) in [5.74, 6) is -0.311. The Bertz CT molecular complexity index is 1060. The van der Waals surface area contributed by atoms with Gasteiger partial charge in [0.2, 0.25) is 5.82 Å². The lowest BCUT2D eigenvalue weighted by Gasteiger charge is -2.20. The van der Waals surface area contributed by atoms with Crippen molar-refractivity contribution in [1.82, 2.24) is 19.6 Å². The van der Waals surface area contributed by atoms with E-state index in [0.29, 0.717) is 18.0 Å². The average Bonchev–Trinajstić information content (AvgIpc) is 3.30. The van der Waals surface area contributed by atoms with Gasteiger partial charge < -0.3 is 4.90 Å². The first-order chi connectivity index (χ1) is 12.6. The van der Waals surface area contributed by atoms with E-state index in [2.05, 4.69) is 15.1 Å². The van der Waals surface area contributed by atoms with E-state index in [1.165, 1.54) is 21.5 Å². The summed E-state index contributed by atoms with van der Waals surface area (Å²) < 4.78 is 14.8. The number of aromatic nitrogens is 4. The molecule has 0 bridgehead atoms. The summed E-state index contributed by atoms with van der Waals surface area (Å²) in [6, 6.07) is 11.4. The molecule has 0 aliphatic rings. The third-order valence-electron chi connectivity index (χ3n) is 3.90. The van der Waals surface area contributed by atoms with Crippen LogP contribution in [0.1, 0.15) is 21.2 Å². The summed E-state index contributed by atoms with van der Waals surface area (Å²) in [5.41, 5.74) is 1.40. The Balaban J connectivity index is 1.75. The van der Waals surface area contributed by atoms with Crippen molar-refractivity contribution in [3.8, 4) is 0 Å². The number of aryl methyl sites for hydroxylation is 1. The van der Waals surface area contributed by atoms with Crippen molar-refractivity contribution in [2.75, 3.05) is 4.90 Å². The SMILES string of the molecule is Cc1ccnc2nc(C(=O)N(Cc3cccs3)c3ccc(F)cc3)nn12. The molecule has 0 N–H and O–H groups in total. The molecule has 4 aromatic rings. The highest BCUT2D eigenvalue weighted by molar-refractivity contribution is 7.09. The molecule has 1 amide bonds. The van der Waals surface area contributed by atoms with E-state index in [9.17, 15) is 9.18 Å². The summed E-state index contributed by atoms with van der Waals surface area (Å²) in [6.45, 7) is 2.21. The quantitative estimate of drug-likeness (QED) is 0.554. The van der Waals surface area contributed by atoms with E-state index in [-0.39, 0.29) is 17.5 Å². The molecular weight excluding hydrogens is 353 g/mol. The fourth-order valence-electron chi connectivity index (χ4n) is 2.58. The fourth-order valence-corrected chi connectivity index (χ4v) is 3.27. The molecule has 26 heavy (non-hydrogen) atoms. The first-order valence-corrected chi connectivity index (χ1v) is 8.78. The van der Waals surface area contributed by atoms with Crippen LogP contribution in [-0.4, -0.2) is 25.5 Å². The molecule has 0 aliphatic heterocycles. The van der Waals surface area contributed by atoms with Gasteiger partial charge in [0.1, 0.15) is 5.82 Å². The van der Waals surface area contributed by atoms with Crippen molar-refractivity contribution in [3.63, 3.8) is 0 Å². The number of nitrogens with zero attached hydrogens (tertiary/aromatic N) is 5. The predicted octanol–water partition coefficient (Wildman–Crippen LogP) is 3.48. The van der Waals surface area contributed by atoms with Crippen LogP contribution in [0, 0.1) is 12.7 Å². The number of anilines is 1. The predicted molar refractivity (Wildman–Crippen MR) is 96.8 cm³/mol. The van der Waals surface area contributed by atoms with Gasteiger partial charge in [-0.15, -0.1) is 16.4 Å². The van der Waals surface area contributed by atoms with Gasteiger partial charge in [0.05, 0.1) is 6.54 Å². The van der Waals surface area contributed by atoms with Crippen LogP contribution in [0.5, 0.6) is 0 Å². The van der Waals surface area contributed by atoms with Crippen LogP contribution in [0.4, 0.5) is 10.1 Å². The van der Waals surface area contributed by atoms with Crippen LogP contribution < -0.4 is 4.90 Å². The maximum atomic E-state index is 13.3. The molecule has 0 unspecified atom stereocenters. The molecule has 3 heterocycles. The van der Waals surface area contributed by atoms with Crippen molar-refractivity contribution in [2.24, 2.45) is 0 Å². The zero-order chi connectivity index (χ0) is 18.1. The summed E-state index contributed by atoms with van der Waals surface area (Å²) in [7, 11) is 0. The van der Waals surface area contributed by atoms with Crippen molar-refractivity contribution in [2.45, 2.75) is 13.5 Å². The monoisotopic (exact) mass is 367 g/mol. The highest BCUT2D eigenvalue weighted by atomic mass is 32.1. The van der Waals surface area contributed by atoms with E-state index in [4.69, 9.17) is 0 Å². The normalized spacial score (nSPS) is 11.0. The summed E-state index contributed by atoms with van der Waals surface area (Å²) in [4.78, 5) is 24.0. The second-order valence-electron chi connectivity index (χ2n) is 5.68. The lowest BCUT2D eigenvalue weighted by molar-refractivity contribution is 0.0975. The Morgan fingerprint density at radius 3 is 2.73 bits per heavy atom. The van der Waals surface area contributed by atoms with Crippen LogP contribution in [0.25, 0.3) is 5.78 Å². The van der Waals surface area contributed by atoms with E-state index in [1.807, 2.05) is 24.4 Å². The zero-order valence-corrected chi connectivity index (χ0v) is 14.7. The van der Waals surface area contributed by atoms with Gasteiger partial charge in [-0.05, 0) is 48.7 Å². The number of rotatable bonds is 4. The van der Waals surface area contributed by atoms with E-state index in [1.54, 1.807) is 35.7 Å². The number of carbonyl (C=O) groups is 1. The number of hydrogen-bond donors (Lipinski definition) is 0. The number of fused-ring (bicyclic) bond motifs is 1. The van der Waals surface area contributed by atoms with Gasteiger partial charge in [-0.2, -0.15) is 4.98 Å². The van der Waals surface area contributed by atoms with E-state index < -0.39 is 0 Å². The summed E-state index contributed by atoms with van der Waals surface area (Å²) in [5, 5.41) is 6.23. The Labute approximate surface area is 152 Å². The van der Waals surface area contributed by atoms with Gasteiger partial charge in [0.25, 0.3) is 11.7 Å². The molecule has 4 rings (SSSR count). The molecule has 0 radical (unpaired) electrons. The molecule has 6 nitrogen and oxygen atoms in total. The maximum Gasteiger partial charge on any atom is 0.298 e. The average molecular weight is 367 g/mol. The fraction of sp³-hybridized carbons (Fsp3) is 0.111. The lowest BCUT2D eigenvalue weighted by atomic mass is 10.2. The standard InChI is InChI=1S/C18H14FN5OS/c1-12-8-9-20-18-21-16(22-24(12)18)17(25)23(11-15-3-2-10-26-15)14-6-4-13(19)5-7-14/h2-10H,11H2,1H3. The smallest absolute Gasteiger partial charge is 0.298 e. The number of amides is 1. The van der Waals surface area contributed by atoms with Gasteiger partial charge in [-0.1, -0.05) is 6.07 Å². The van der Waals surface area contributed by atoms with Crippen LogP contribution in [0.15, 0.2) is 54.0 Å². The largest absolute Gasteiger partial charge is 0.300 e. The highest BCUT2D eigenvalue weighted by Crippen LogP contribution is 2.22. The minimum Gasteiger partial charge on any atom is -0.300 e. The highest BCUT2D eigenvalue weighted by Gasteiger charge is 2.23. The molecule has 8 heteroatoms. The molecule has 0 fully saturated rings. The van der Waals surface area contributed by atoms with Crippen LogP contribution in [-0.2, 0) is 6.54 Å². The van der Waals surface area contributed by atoms with Crippen molar-refractivity contribution >= 4 is 28.7 Å². The molecular formula is C18H14FN5OS. The zero-order valence-electron chi connectivity index (χ0n) is 13.8. The number of carbonyl (C=O) groups excluding carboxylic acids is 1. The number of thiophene rings is 1. The molecule has 0 atom stereocenters. The van der Waals surface area contributed by atoms with Crippen molar-refractivity contribution in [1.29, 1.82) is 0 Å². The van der Waals surface area contributed by atoms with Gasteiger partial charge in [-0.3, -0.25) is 4.79 Å². The van der Waals surface area contributed by atoms with Gasteiger partial charge in [0, 0.05) is 22.5 Å². The second kappa shape index (κ2) is 6.64. The second-order valence-corrected chi connectivity index (χ2v) is 6.71. The Morgan fingerprint density at radius 1 is 1.23 bits per heavy atom. The minimum absolute atomic E-state index is 0.0488. The maximum absolute atomic E-state index is 13.3. The van der Waals surface area contributed by atoms with Gasteiger partial charge in [0.15, 0.2) is 0 Å². The third kappa shape index (κ3) is 3.06. The molecule has 0 saturated heterocycles. The van der Waals surface area contributed by atoms with E-state index >= 15 is 0 Å². The van der Waals surface area contributed by atoms with E-state index in [0.717, 1.165) is 10.6 Å². The molecule has 1 aromatic carbocycles. The number of hydrogen-bond acceptors (Lipinski definition) is 5. The van der Waals surface area contributed by atoms with Gasteiger partial charge >= 0.3 is 0 Å². The van der Waals surface area contributed by atoms with Crippen molar-refractivity contribution < 1.29 is 9.18 Å². The third-order valence-corrected chi connectivity index (χ3v) is 4.76. The Hall–Kier alpha value is -3.13. The number of benzene rings is 1. The molecule has 130 valence electrons. The molecule has 3 aromatic heterocycles. The van der Waals surface area contributed by atoms with Crippen LogP contribution in [0.3, 0.4) is 0 Å². The first kappa shape index (κ1) is 16.3. The Kier molecular flexibility index (Phi) is 4.18. The minimum atomic E-state index is -0.366. The van der Waals surface area contributed by atoms with Gasteiger partial charge in [-0.25, -0.2) is 13.9 Å². The first-order valence-electron chi connectivity index (χ1n) is 7.90. The molecule has 0 aliphatic carbocycles. The topological polar surface area (TPSA) is 63.4 Å². The lowest BCUT2D eigenvalue weighted by Crippen LogP contribution is -2.31. The molecule has 0 spiro atoms. The summed E-state index contributed by atoms with van der Waals surface area (Å²) >= 11 is 1.54. The Morgan fingerprint density at radius 2 is 2.04 bits per heavy atom. The summed E-state index contributed by atoms with van der Waals surface area (Å²) in [6.07, 6.45) is 1.62.